The number of fused-ring (bicyclic) bond motifs is 3. The number of nitrogens with zero attached hydrogens (tertiary/aromatic N) is 2. The van der Waals surface area contributed by atoms with Crippen LogP contribution in [0.1, 0.15) is 16.7 Å². The van der Waals surface area contributed by atoms with Crippen molar-refractivity contribution < 1.29 is 5.11 Å². The molecule has 2 aromatic carbocycles. The second-order valence-corrected chi connectivity index (χ2v) is 5.52. The van der Waals surface area contributed by atoms with Crippen LogP contribution in [0.25, 0.3) is 0 Å². The first kappa shape index (κ1) is 14.4. The third-order valence-corrected chi connectivity index (χ3v) is 4.27. The molecular formula is C16H14Cl2N2O. The Labute approximate surface area is 134 Å². The van der Waals surface area contributed by atoms with Crippen LogP contribution in [0.2, 0.25) is 5.02 Å². The van der Waals surface area contributed by atoms with Gasteiger partial charge in [-0.2, -0.15) is 0 Å². The molecule has 108 valence electrons. The lowest BCUT2D eigenvalue weighted by Crippen LogP contribution is -2.43. The molecule has 0 radical (unpaired) electrons. The van der Waals surface area contributed by atoms with E-state index in [4.69, 9.17) is 11.6 Å². The van der Waals surface area contributed by atoms with Gasteiger partial charge in [-0.3, -0.25) is 4.99 Å². The molecule has 0 fully saturated rings. The summed E-state index contributed by atoms with van der Waals surface area (Å²) in [5.41, 5.74) is 1.58. The lowest BCUT2D eigenvalue weighted by atomic mass is 9.94. The molecule has 0 bridgehead atoms. The fourth-order valence-corrected chi connectivity index (χ4v) is 3.24. The molecule has 1 unspecified atom stereocenters. The zero-order valence-corrected chi connectivity index (χ0v) is 12.7. The van der Waals surface area contributed by atoms with Crippen molar-refractivity contribution in [1.82, 2.24) is 4.90 Å². The Morgan fingerprint density at radius 2 is 1.81 bits per heavy atom. The fraction of sp³-hybridized carbons (Fsp3) is 0.188. The van der Waals surface area contributed by atoms with Crippen molar-refractivity contribution in [3.8, 4) is 0 Å². The van der Waals surface area contributed by atoms with Crippen molar-refractivity contribution in [2.75, 3.05) is 13.1 Å². The van der Waals surface area contributed by atoms with E-state index < -0.39 is 5.72 Å². The Morgan fingerprint density at radius 3 is 2.57 bits per heavy atom. The largest absolute Gasteiger partial charge is 0.363 e. The van der Waals surface area contributed by atoms with Gasteiger partial charge in [-0.05, 0) is 12.1 Å². The van der Waals surface area contributed by atoms with Crippen molar-refractivity contribution >= 4 is 29.8 Å². The minimum atomic E-state index is -1.14. The standard InChI is InChI=1S/C16H13ClN2O.ClH/c17-12-7-5-11(6-8-12)16(20)14-4-2-1-3-13(14)15-18-9-10-19(15)16;/h1-8,20H,9-10H2;1H. The number of amidine groups is 1. The number of benzene rings is 2. The van der Waals surface area contributed by atoms with Crippen LogP contribution in [-0.4, -0.2) is 28.9 Å². The summed E-state index contributed by atoms with van der Waals surface area (Å²) in [7, 11) is 0. The summed E-state index contributed by atoms with van der Waals surface area (Å²) in [5.74, 6) is 0.887. The topological polar surface area (TPSA) is 35.8 Å². The molecule has 2 aromatic rings. The number of hydrogen-bond acceptors (Lipinski definition) is 3. The van der Waals surface area contributed by atoms with Crippen LogP contribution in [0.3, 0.4) is 0 Å². The number of rotatable bonds is 1. The van der Waals surface area contributed by atoms with Gasteiger partial charge in [0.05, 0.1) is 6.54 Å². The van der Waals surface area contributed by atoms with E-state index in [0.29, 0.717) is 5.02 Å². The predicted molar refractivity (Wildman–Crippen MR) is 86.3 cm³/mol. The van der Waals surface area contributed by atoms with Crippen molar-refractivity contribution in [3.63, 3.8) is 0 Å². The van der Waals surface area contributed by atoms with Crippen LogP contribution in [0.15, 0.2) is 53.5 Å². The average molecular weight is 321 g/mol. The van der Waals surface area contributed by atoms with E-state index in [0.717, 1.165) is 35.6 Å². The van der Waals surface area contributed by atoms with Crippen molar-refractivity contribution in [2.45, 2.75) is 5.72 Å². The van der Waals surface area contributed by atoms with Gasteiger partial charge in [-0.1, -0.05) is 48.0 Å². The minimum absolute atomic E-state index is 0. The first-order valence-electron chi connectivity index (χ1n) is 6.61. The van der Waals surface area contributed by atoms with Crippen LogP contribution in [0.5, 0.6) is 0 Å². The molecule has 4 rings (SSSR count). The average Bonchev–Trinajstić information content (AvgIpc) is 3.04. The normalized spacial score (nSPS) is 22.4. The highest BCUT2D eigenvalue weighted by Crippen LogP contribution is 2.43. The molecule has 0 aromatic heterocycles. The molecule has 1 atom stereocenters. The summed E-state index contributed by atoms with van der Waals surface area (Å²) in [6.07, 6.45) is 0. The SMILES string of the molecule is Cl.OC1(c2ccc(Cl)cc2)c2ccccc2C2=NCCN21. The number of aliphatic hydroxyl groups is 1. The smallest absolute Gasteiger partial charge is 0.193 e. The molecule has 0 saturated heterocycles. The maximum atomic E-state index is 11.4. The molecule has 0 spiro atoms. The number of aliphatic imine (C=N–C) groups is 1. The molecule has 0 amide bonds. The monoisotopic (exact) mass is 320 g/mol. The minimum Gasteiger partial charge on any atom is -0.363 e. The van der Waals surface area contributed by atoms with Gasteiger partial charge in [-0.15, -0.1) is 12.4 Å². The fourth-order valence-electron chi connectivity index (χ4n) is 3.11. The Balaban J connectivity index is 0.00000132. The Hall–Kier alpha value is -1.55. The zero-order valence-electron chi connectivity index (χ0n) is 11.2. The van der Waals surface area contributed by atoms with E-state index in [-0.39, 0.29) is 12.4 Å². The van der Waals surface area contributed by atoms with Gasteiger partial charge in [0, 0.05) is 28.3 Å². The molecule has 0 saturated carbocycles. The van der Waals surface area contributed by atoms with E-state index in [1.807, 2.05) is 53.4 Å². The summed E-state index contributed by atoms with van der Waals surface area (Å²) in [6, 6.07) is 15.3. The summed E-state index contributed by atoms with van der Waals surface area (Å²) in [4.78, 5) is 6.51. The maximum absolute atomic E-state index is 11.4. The Morgan fingerprint density at radius 1 is 1.10 bits per heavy atom. The van der Waals surface area contributed by atoms with Gasteiger partial charge in [0.25, 0.3) is 0 Å². The van der Waals surface area contributed by atoms with E-state index in [1.165, 1.54) is 0 Å². The second-order valence-electron chi connectivity index (χ2n) is 5.08. The van der Waals surface area contributed by atoms with E-state index >= 15 is 0 Å². The molecule has 2 heterocycles. The summed E-state index contributed by atoms with van der Waals surface area (Å²) < 4.78 is 0. The highest BCUT2D eigenvalue weighted by Gasteiger charge is 2.49. The first-order chi connectivity index (χ1) is 9.71. The van der Waals surface area contributed by atoms with Gasteiger partial charge >= 0.3 is 0 Å². The zero-order chi connectivity index (χ0) is 13.7. The lowest BCUT2D eigenvalue weighted by Gasteiger charge is -2.33. The first-order valence-corrected chi connectivity index (χ1v) is 6.99. The van der Waals surface area contributed by atoms with Crippen molar-refractivity contribution in [2.24, 2.45) is 4.99 Å². The highest BCUT2D eigenvalue weighted by atomic mass is 35.5. The predicted octanol–water partition coefficient (Wildman–Crippen LogP) is 3.03. The number of halogens is 2. The molecule has 0 aliphatic carbocycles. The van der Waals surface area contributed by atoms with Crippen molar-refractivity contribution in [3.05, 3.63) is 70.2 Å². The van der Waals surface area contributed by atoms with Crippen LogP contribution in [0, 0.1) is 0 Å². The quantitative estimate of drug-likeness (QED) is 0.876. The third-order valence-electron chi connectivity index (χ3n) is 4.02. The molecule has 21 heavy (non-hydrogen) atoms. The van der Waals surface area contributed by atoms with Crippen LogP contribution in [0.4, 0.5) is 0 Å². The molecule has 1 N–H and O–H groups in total. The summed E-state index contributed by atoms with van der Waals surface area (Å²) >= 11 is 5.96. The second kappa shape index (κ2) is 5.02. The van der Waals surface area contributed by atoms with Gasteiger partial charge in [0.1, 0.15) is 5.84 Å². The molecular weight excluding hydrogens is 307 g/mol. The maximum Gasteiger partial charge on any atom is 0.193 e. The summed E-state index contributed by atoms with van der Waals surface area (Å²) in [5, 5.41) is 12.0. The van der Waals surface area contributed by atoms with E-state index in [9.17, 15) is 5.11 Å². The third kappa shape index (κ3) is 1.89. The highest BCUT2D eigenvalue weighted by molar-refractivity contribution is 6.30. The Kier molecular flexibility index (Phi) is 3.44. The van der Waals surface area contributed by atoms with Gasteiger partial charge < -0.3 is 10.0 Å². The van der Waals surface area contributed by atoms with E-state index in [2.05, 4.69) is 4.99 Å². The lowest BCUT2D eigenvalue weighted by molar-refractivity contribution is -0.0242. The molecule has 3 nitrogen and oxygen atoms in total. The van der Waals surface area contributed by atoms with Crippen LogP contribution in [-0.2, 0) is 5.72 Å². The number of hydrogen-bond donors (Lipinski definition) is 1. The van der Waals surface area contributed by atoms with Gasteiger partial charge in [-0.25, -0.2) is 0 Å². The Bertz CT molecular complexity index is 714. The van der Waals surface area contributed by atoms with Gasteiger partial charge in [0.2, 0.25) is 0 Å². The molecule has 5 heteroatoms. The molecule has 2 aliphatic heterocycles. The van der Waals surface area contributed by atoms with Crippen molar-refractivity contribution in [1.29, 1.82) is 0 Å². The van der Waals surface area contributed by atoms with E-state index in [1.54, 1.807) is 0 Å². The van der Waals surface area contributed by atoms with Crippen LogP contribution < -0.4 is 0 Å². The molecule has 2 aliphatic rings. The van der Waals surface area contributed by atoms with Gasteiger partial charge in [0.15, 0.2) is 5.72 Å². The van der Waals surface area contributed by atoms with Crippen LogP contribution >= 0.6 is 24.0 Å². The summed E-state index contributed by atoms with van der Waals surface area (Å²) in [6.45, 7) is 1.45.